The standard InChI is InChI=1S/C12H13N3O4/c1-12(2,3)19-11(16)9(6-13)10-5-4-8(7-14-10)15(17)18/h4-5,7,14H,1-3H3/b10-9-. The molecule has 1 heterocycles. The van der Waals surface area contributed by atoms with Crippen LogP contribution in [0.15, 0.2) is 35.3 Å². The van der Waals surface area contributed by atoms with Crippen LogP contribution in [0.25, 0.3) is 0 Å². The normalized spacial score (nSPS) is 16.8. The Kier molecular flexibility index (Phi) is 4.07. The fourth-order valence-electron chi connectivity index (χ4n) is 1.23. The first kappa shape index (κ1) is 14.4. The second-order valence-electron chi connectivity index (χ2n) is 4.71. The van der Waals surface area contributed by atoms with E-state index in [0.717, 1.165) is 6.20 Å². The molecule has 7 heteroatoms. The van der Waals surface area contributed by atoms with Gasteiger partial charge in [0.15, 0.2) is 5.57 Å². The lowest BCUT2D eigenvalue weighted by atomic mass is 10.1. The van der Waals surface area contributed by atoms with Crippen molar-refractivity contribution >= 4 is 5.97 Å². The van der Waals surface area contributed by atoms with Crippen LogP contribution in [0.2, 0.25) is 0 Å². The van der Waals surface area contributed by atoms with Gasteiger partial charge >= 0.3 is 5.97 Å². The van der Waals surface area contributed by atoms with Crippen molar-refractivity contribution in [3.63, 3.8) is 0 Å². The van der Waals surface area contributed by atoms with Gasteiger partial charge in [-0.05, 0) is 26.8 Å². The van der Waals surface area contributed by atoms with Crippen molar-refractivity contribution in [1.29, 1.82) is 5.26 Å². The zero-order chi connectivity index (χ0) is 14.6. The maximum atomic E-state index is 11.8. The third-order valence-electron chi connectivity index (χ3n) is 1.99. The Hall–Kier alpha value is -2.62. The smallest absolute Gasteiger partial charge is 0.351 e. The number of esters is 1. The van der Waals surface area contributed by atoms with Crippen molar-refractivity contribution in [2.24, 2.45) is 0 Å². The summed E-state index contributed by atoms with van der Waals surface area (Å²) in [6, 6.07) is 1.73. The highest BCUT2D eigenvalue weighted by atomic mass is 16.6. The number of nitriles is 1. The van der Waals surface area contributed by atoms with Gasteiger partial charge in [-0.1, -0.05) is 0 Å². The molecular weight excluding hydrogens is 250 g/mol. The van der Waals surface area contributed by atoms with Gasteiger partial charge in [-0.15, -0.1) is 0 Å². The van der Waals surface area contributed by atoms with E-state index in [1.54, 1.807) is 26.8 Å². The van der Waals surface area contributed by atoms with Gasteiger partial charge in [0, 0.05) is 6.08 Å². The largest absolute Gasteiger partial charge is 0.456 e. The average molecular weight is 263 g/mol. The highest BCUT2D eigenvalue weighted by molar-refractivity contribution is 5.94. The van der Waals surface area contributed by atoms with E-state index in [2.05, 4.69) is 5.32 Å². The Morgan fingerprint density at radius 3 is 2.47 bits per heavy atom. The number of nitro groups is 1. The van der Waals surface area contributed by atoms with E-state index in [-0.39, 0.29) is 17.0 Å². The molecule has 1 aliphatic rings. The average Bonchev–Trinajstić information content (AvgIpc) is 2.28. The molecule has 0 bridgehead atoms. The highest BCUT2D eigenvalue weighted by Gasteiger charge is 2.23. The second-order valence-corrected chi connectivity index (χ2v) is 4.71. The number of ether oxygens (including phenoxy) is 1. The van der Waals surface area contributed by atoms with Gasteiger partial charge in [0.05, 0.1) is 16.8 Å². The maximum absolute atomic E-state index is 11.8. The number of hydrogen-bond acceptors (Lipinski definition) is 6. The second kappa shape index (κ2) is 5.35. The van der Waals surface area contributed by atoms with Crippen LogP contribution in [0.3, 0.4) is 0 Å². The number of carbonyl (C=O) groups excluding carboxylic acids is 1. The minimum atomic E-state index is -0.778. The van der Waals surface area contributed by atoms with Crippen molar-refractivity contribution in [2.75, 3.05) is 0 Å². The molecule has 0 radical (unpaired) electrons. The molecule has 0 aliphatic carbocycles. The monoisotopic (exact) mass is 263 g/mol. The van der Waals surface area contributed by atoms with Gasteiger partial charge in [0.25, 0.3) is 5.70 Å². The van der Waals surface area contributed by atoms with Gasteiger partial charge in [-0.25, -0.2) is 4.79 Å². The molecule has 0 atom stereocenters. The summed E-state index contributed by atoms with van der Waals surface area (Å²) in [6.45, 7) is 5.04. The van der Waals surface area contributed by atoms with E-state index < -0.39 is 16.5 Å². The third-order valence-corrected chi connectivity index (χ3v) is 1.99. The molecule has 1 rings (SSSR count). The Balaban J connectivity index is 2.97. The van der Waals surface area contributed by atoms with E-state index in [1.807, 2.05) is 0 Å². The zero-order valence-electron chi connectivity index (χ0n) is 10.8. The lowest BCUT2D eigenvalue weighted by Crippen LogP contribution is -2.26. The summed E-state index contributed by atoms with van der Waals surface area (Å²) in [5, 5.41) is 22.0. The molecule has 7 nitrogen and oxygen atoms in total. The van der Waals surface area contributed by atoms with E-state index >= 15 is 0 Å². The van der Waals surface area contributed by atoms with Crippen LogP contribution in [-0.4, -0.2) is 16.5 Å². The maximum Gasteiger partial charge on any atom is 0.351 e. The molecule has 1 aliphatic heterocycles. The lowest BCUT2D eigenvalue weighted by Gasteiger charge is -2.19. The summed E-state index contributed by atoms with van der Waals surface area (Å²) in [4.78, 5) is 21.7. The van der Waals surface area contributed by atoms with Crippen LogP contribution in [-0.2, 0) is 9.53 Å². The van der Waals surface area contributed by atoms with E-state index in [9.17, 15) is 14.9 Å². The molecular formula is C12H13N3O4. The number of dihydropyridines is 1. The first-order chi connectivity index (χ1) is 8.74. The van der Waals surface area contributed by atoms with E-state index in [1.165, 1.54) is 12.2 Å². The minimum absolute atomic E-state index is 0.162. The number of carbonyl (C=O) groups is 1. The summed E-state index contributed by atoms with van der Waals surface area (Å²) >= 11 is 0. The van der Waals surface area contributed by atoms with Crippen LogP contribution >= 0.6 is 0 Å². The summed E-state index contributed by atoms with van der Waals surface area (Å²) in [5.74, 6) is -0.778. The molecule has 0 aromatic carbocycles. The highest BCUT2D eigenvalue weighted by Crippen LogP contribution is 2.15. The zero-order valence-corrected chi connectivity index (χ0v) is 10.8. The fraction of sp³-hybridized carbons (Fsp3) is 0.333. The molecule has 0 amide bonds. The molecule has 0 aromatic heterocycles. The molecule has 100 valence electrons. The summed E-state index contributed by atoms with van der Waals surface area (Å²) in [6.07, 6.45) is 3.60. The molecule has 1 N–H and O–H groups in total. The first-order valence-corrected chi connectivity index (χ1v) is 5.41. The molecule has 0 fully saturated rings. The third kappa shape index (κ3) is 3.96. The predicted molar refractivity (Wildman–Crippen MR) is 65.8 cm³/mol. The Bertz CT molecular complexity index is 544. The van der Waals surface area contributed by atoms with Crippen molar-refractivity contribution in [3.8, 4) is 6.07 Å². The molecule has 0 saturated carbocycles. The molecule has 0 spiro atoms. The number of nitrogens with zero attached hydrogens (tertiary/aromatic N) is 2. The van der Waals surface area contributed by atoms with E-state index in [0.29, 0.717) is 0 Å². The van der Waals surface area contributed by atoms with Gasteiger partial charge in [0.1, 0.15) is 11.7 Å². The van der Waals surface area contributed by atoms with Gasteiger partial charge < -0.3 is 10.1 Å². The Morgan fingerprint density at radius 1 is 1.47 bits per heavy atom. The first-order valence-electron chi connectivity index (χ1n) is 5.41. The number of nitrogens with one attached hydrogen (secondary N) is 1. The van der Waals surface area contributed by atoms with Crippen molar-refractivity contribution in [2.45, 2.75) is 26.4 Å². The number of rotatable bonds is 2. The molecule has 0 saturated heterocycles. The van der Waals surface area contributed by atoms with Crippen LogP contribution < -0.4 is 5.32 Å². The van der Waals surface area contributed by atoms with Crippen LogP contribution in [0.1, 0.15) is 20.8 Å². The SMILES string of the molecule is CC(C)(C)OC(=O)/C(C#N)=C1/C=CC([N+](=O)[O-])=CN1. The van der Waals surface area contributed by atoms with Crippen LogP contribution in [0, 0.1) is 21.4 Å². The van der Waals surface area contributed by atoms with Crippen molar-refractivity contribution in [3.05, 3.63) is 45.4 Å². The number of hydrogen-bond donors (Lipinski definition) is 1. The van der Waals surface area contributed by atoms with Crippen LogP contribution in [0.4, 0.5) is 0 Å². The quantitative estimate of drug-likeness (QED) is 0.265. The summed E-state index contributed by atoms with van der Waals surface area (Å²) in [5.41, 5.74) is -0.947. The van der Waals surface area contributed by atoms with E-state index in [4.69, 9.17) is 10.00 Å². The predicted octanol–water partition coefficient (Wildman–Crippen LogP) is 1.38. The topological polar surface area (TPSA) is 105 Å². The molecule has 0 aromatic rings. The number of allylic oxidation sites excluding steroid dienone is 2. The van der Waals surface area contributed by atoms with Gasteiger partial charge in [-0.3, -0.25) is 10.1 Å². The Morgan fingerprint density at radius 2 is 2.11 bits per heavy atom. The van der Waals surface area contributed by atoms with Crippen LogP contribution in [0.5, 0.6) is 0 Å². The summed E-state index contributed by atoms with van der Waals surface area (Å²) < 4.78 is 5.07. The summed E-state index contributed by atoms with van der Waals surface area (Å²) in [7, 11) is 0. The van der Waals surface area contributed by atoms with Gasteiger partial charge in [0.2, 0.25) is 0 Å². The van der Waals surface area contributed by atoms with Crippen molar-refractivity contribution in [1.82, 2.24) is 5.32 Å². The molecule has 0 unspecified atom stereocenters. The minimum Gasteiger partial charge on any atom is -0.456 e. The lowest BCUT2D eigenvalue weighted by molar-refractivity contribution is -0.419. The van der Waals surface area contributed by atoms with Crippen molar-refractivity contribution < 1.29 is 14.5 Å². The van der Waals surface area contributed by atoms with Gasteiger partial charge in [-0.2, -0.15) is 5.26 Å². The Labute approximate surface area is 110 Å². The fourth-order valence-corrected chi connectivity index (χ4v) is 1.23. The molecule has 19 heavy (non-hydrogen) atoms.